The van der Waals surface area contributed by atoms with Crippen molar-refractivity contribution in [3.05, 3.63) is 108 Å². The van der Waals surface area contributed by atoms with Crippen molar-refractivity contribution in [2.24, 2.45) is 0 Å². The lowest BCUT2D eigenvalue weighted by Gasteiger charge is -2.05. The van der Waals surface area contributed by atoms with Gasteiger partial charge < -0.3 is 4.42 Å². The lowest BCUT2D eigenvalue weighted by Crippen LogP contribution is -1.86. The normalized spacial score (nSPS) is 11.0. The van der Waals surface area contributed by atoms with Crippen LogP contribution >= 0.6 is 0 Å². The fourth-order valence-electron chi connectivity index (χ4n) is 3.49. The van der Waals surface area contributed by atoms with Crippen LogP contribution < -0.4 is 0 Å². The first-order chi connectivity index (χ1) is 16.0. The summed E-state index contributed by atoms with van der Waals surface area (Å²) in [6.45, 7) is 0. The Balaban J connectivity index is 1.38. The number of rotatable bonds is 4. The molecule has 0 saturated heterocycles. The van der Waals surface area contributed by atoms with Crippen molar-refractivity contribution in [2.75, 3.05) is 0 Å². The molecule has 5 rings (SSSR count). The number of benzene rings is 4. The molecular weight excluding hydrogens is 432 g/mol. The largest absolute Gasteiger partial charge is 0.416 e. The van der Waals surface area contributed by atoms with Gasteiger partial charge in [0.15, 0.2) is 0 Å². The van der Waals surface area contributed by atoms with Crippen molar-refractivity contribution in [3.8, 4) is 45.2 Å². The standard InChI is InChI=1S/C26H14F4N2O/c27-19-9-11-21(23(29)13-19)15-1-5-17(6-2-15)25-31-32-26(33-25)18-7-3-16(4-8-18)22-12-10-20(28)14-24(22)30/h1-14H. The third-order valence-electron chi connectivity index (χ3n) is 5.17. The summed E-state index contributed by atoms with van der Waals surface area (Å²) >= 11 is 0. The van der Waals surface area contributed by atoms with E-state index in [-0.39, 0.29) is 22.9 Å². The van der Waals surface area contributed by atoms with Gasteiger partial charge in [-0.25, -0.2) is 17.6 Å². The van der Waals surface area contributed by atoms with Crippen LogP contribution in [-0.4, -0.2) is 10.2 Å². The maximum atomic E-state index is 14.0. The molecule has 0 saturated carbocycles. The second kappa shape index (κ2) is 8.35. The van der Waals surface area contributed by atoms with Gasteiger partial charge in [0.1, 0.15) is 23.3 Å². The first-order valence-electron chi connectivity index (χ1n) is 9.93. The Kier molecular flexibility index (Phi) is 5.22. The minimum absolute atomic E-state index is 0.268. The lowest BCUT2D eigenvalue weighted by molar-refractivity contribution is 0.584. The molecule has 0 bridgehead atoms. The van der Waals surface area contributed by atoms with E-state index in [2.05, 4.69) is 10.2 Å². The highest BCUT2D eigenvalue weighted by Crippen LogP contribution is 2.30. The Bertz CT molecular complexity index is 1340. The lowest BCUT2D eigenvalue weighted by atomic mass is 10.0. The Morgan fingerprint density at radius 2 is 0.818 bits per heavy atom. The van der Waals surface area contributed by atoms with Gasteiger partial charge in [0.05, 0.1) is 0 Å². The second-order valence-electron chi connectivity index (χ2n) is 7.32. The molecule has 7 heteroatoms. The highest BCUT2D eigenvalue weighted by Gasteiger charge is 2.13. The third kappa shape index (κ3) is 4.13. The minimum Gasteiger partial charge on any atom is -0.416 e. The molecule has 162 valence electrons. The summed E-state index contributed by atoms with van der Waals surface area (Å²) in [4.78, 5) is 0. The van der Waals surface area contributed by atoms with E-state index in [0.29, 0.717) is 22.3 Å². The van der Waals surface area contributed by atoms with Crippen molar-refractivity contribution >= 4 is 0 Å². The molecule has 0 unspecified atom stereocenters. The van der Waals surface area contributed by atoms with Crippen molar-refractivity contribution in [3.63, 3.8) is 0 Å². The van der Waals surface area contributed by atoms with Crippen LogP contribution in [0.5, 0.6) is 0 Å². The quantitative estimate of drug-likeness (QED) is 0.272. The summed E-state index contributed by atoms with van der Waals surface area (Å²) in [5.74, 6) is -2.03. The Morgan fingerprint density at radius 3 is 1.18 bits per heavy atom. The van der Waals surface area contributed by atoms with Crippen LogP contribution in [0.1, 0.15) is 0 Å². The molecule has 0 aliphatic heterocycles. The van der Waals surface area contributed by atoms with Crippen LogP contribution in [0.3, 0.4) is 0 Å². The van der Waals surface area contributed by atoms with Gasteiger partial charge in [0.2, 0.25) is 11.8 Å². The molecule has 5 aromatic rings. The summed E-state index contributed by atoms with van der Waals surface area (Å²) in [7, 11) is 0. The van der Waals surface area contributed by atoms with Gasteiger partial charge in [-0.3, -0.25) is 0 Å². The molecule has 3 nitrogen and oxygen atoms in total. The summed E-state index contributed by atoms with van der Waals surface area (Å²) in [5, 5.41) is 8.11. The molecule has 1 aromatic heterocycles. The number of nitrogens with zero attached hydrogens (tertiary/aromatic N) is 2. The first-order valence-corrected chi connectivity index (χ1v) is 9.93. The van der Waals surface area contributed by atoms with Gasteiger partial charge in [-0.05, 0) is 59.7 Å². The highest BCUT2D eigenvalue weighted by molar-refractivity contribution is 5.70. The van der Waals surface area contributed by atoms with Crippen LogP contribution in [0.15, 0.2) is 89.3 Å². The smallest absolute Gasteiger partial charge is 0.248 e. The van der Waals surface area contributed by atoms with Gasteiger partial charge in [-0.2, -0.15) is 0 Å². The molecular formula is C26H14F4N2O. The van der Waals surface area contributed by atoms with Crippen LogP contribution in [0.2, 0.25) is 0 Å². The zero-order chi connectivity index (χ0) is 22.9. The highest BCUT2D eigenvalue weighted by atomic mass is 19.1. The van der Waals surface area contributed by atoms with Crippen molar-refractivity contribution in [1.82, 2.24) is 10.2 Å². The average Bonchev–Trinajstić information content (AvgIpc) is 3.30. The number of hydrogen-bond donors (Lipinski definition) is 0. The molecule has 0 N–H and O–H groups in total. The minimum atomic E-state index is -0.646. The molecule has 0 spiro atoms. The van der Waals surface area contributed by atoms with Crippen LogP contribution in [0.4, 0.5) is 17.6 Å². The fourth-order valence-corrected chi connectivity index (χ4v) is 3.49. The first kappa shape index (κ1) is 20.6. The Morgan fingerprint density at radius 1 is 0.455 bits per heavy atom. The van der Waals surface area contributed by atoms with E-state index < -0.39 is 23.3 Å². The predicted octanol–water partition coefficient (Wildman–Crippen LogP) is 7.29. The van der Waals surface area contributed by atoms with E-state index in [1.165, 1.54) is 24.3 Å². The topological polar surface area (TPSA) is 38.9 Å². The summed E-state index contributed by atoms with van der Waals surface area (Å²) in [5.41, 5.74) is 2.99. The van der Waals surface area contributed by atoms with E-state index in [0.717, 1.165) is 12.1 Å². The number of hydrogen-bond acceptors (Lipinski definition) is 3. The SMILES string of the molecule is Fc1ccc(-c2ccc(-c3nnc(-c4ccc(-c5ccc(F)cc5F)cc4)o3)cc2)c(F)c1. The van der Waals surface area contributed by atoms with E-state index in [1.807, 2.05) is 0 Å². The van der Waals surface area contributed by atoms with Gasteiger partial charge in [-0.15, -0.1) is 10.2 Å². The van der Waals surface area contributed by atoms with Gasteiger partial charge in [0, 0.05) is 34.4 Å². The van der Waals surface area contributed by atoms with Crippen LogP contribution in [-0.2, 0) is 0 Å². The Hall–Kier alpha value is -4.26. The van der Waals surface area contributed by atoms with E-state index >= 15 is 0 Å². The monoisotopic (exact) mass is 446 g/mol. The number of halogens is 4. The molecule has 0 atom stereocenters. The molecule has 4 aromatic carbocycles. The van der Waals surface area contributed by atoms with Crippen molar-refractivity contribution < 1.29 is 22.0 Å². The molecule has 0 aliphatic rings. The zero-order valence-electron chi connectivity index (χ0n) is 16.9. The maximum absolute atomic E-state index is 14.0. The zero-order valence-corrected chi connectivity index (χ0v) is 16.9. The summed E-state index contributed by atoms with van der Waals surface area (Å²) in [6.07, 6.45) is 0. The summed E-state index contributed by atoms with van der Waals surface area (Å²) in [6, 6.07) is 20.4. The van der Waals surface area contributed by atoms with Gasteiger partial charge >= 0.3 is 0 Å². The van der Waals surface area contributed by atoms with Crippen LogP contribution in [0.25, 0.3) is 45.2 Å². The van der Waals surface area contributed by atoms with Crippen LogP contribution in [0, 0.1) is 23.3 Å². The van der Waals surface area contributed by atoms with Crippen molar-refractivity contribution in [2.45, 2.75) is 0 Å². The third-order valence-corrected chi connectivity index (χ3v) is 5.17. The van der Waals surface area contributed by atoms with E-state index in [1.54, 1.807) is 48.5 Å². The maximum Gasteiger partial charge on any atom is 0.248 e. The van der Waals surface area contributed by atoms with Gasteiger partial charge in [-0.1, -0.05) is 24.3 Å². The molecule has 0 fully saturated rings. The van der Waals surface area contributed by atoms with E-state index in [9.17, 15) is 17.6 Å². The average molecular weight is 446 g/mol. The summed E-state index contributed by atoms with van der Waals surface area (Å²) < 4.78 is 60.0. The molecule has 0 radical (unpaired) electrons. The second-order valence-corrected chi connectivity index (χ2v) is 7.32. The van der Waals surface area contributed by atoms with E-state index in [4.69, 9.17) is 4.42 Å². The van der Waals surface area contributed by atoms with Gasteiger partial charge in [0.25, 0.3) is 0 Å². The molecule has 0 aliphatic carbocycles. The predicted molar refractivity (Wildman–Crippen MR) is 116 cm³/mol. The Labute approximate surface area is 186 Å². The molecule has 0 amide bonds. The van der Waals surface area contributed by atoms with Crippen molar-refractivity contribution in [1.29, 1.82) is 0 Å². The fraction of sp³-hybridized carbons (Fsp3) is 0. The molecule has 33 heavy (non-hydrogen) atoms. The number of aromatic nitrogens is 2. The molecule has 1 heterocycles.